The van der Waals surface area contributed by atoms with E-state index >= 15 is 0 Å². The summed E-state index contributed by atoms with van der Waals surface area (Å²) in [6.07, 6.45) is 7.38. The third-order valence-corrected chi connectivity index (χ3v) is 12.9. The van der Waals surface area contributed by atoms with Gasteiger partial charge in [0, 0.05) is 5.56 Å². The fourth-order valence-electron chi connectivity index (χ4n) is 8.63. The Morgan fingerprint density at radius 3 is 1.19 bits per heavy atom. The standard InChI is InChI=1S/C27H18N6.C13H14.C8H5F5.C8H10.C7H16/c1-13-4-7-16-19(10-13)31-25-22(28-16)23-26(32-20-11-14(2)5-8-17(20)29-23)27-24(25)30-18-9-6-15(3)12-21(18)33-27;1-2-6-11-8-5-9-12-7-3-4-10-13(11)12;1-2-3-4(9)6(11)8(13)7(12)5(3)10;1-2-8-6-4-3-5-7-8;1-4-6-7(3)5-2/h4-12H,1-3H3;3-5,7-10H,2,6H2,1H3;2H2,1H3;3-7H,2H2,1H3;7H,4-6H2,1-3H3. The Morgan fingerprint density at radius 2 is 0.811 bits per heavy atom. The second kappa shape index (κ2) is 24.9. The molecule has 0 saturated heterocycles. The maximum Gasteiger partial charge on any atom is 0.200 e. The number of hydrogen-bond acceptors (Lipinski definition) is 6. The lowest BCUT2D eigenvalue weighted by Gasteiger charge is -2.11. The minimum Gasteiger partial charge on any atom is -0.242 e. The summed E-state index contributed by atoms with van der Waals surface area (Å²) in [5, 5.41) is 2.76. The summed E-state index contributed by atoms with van der Waals surface area (Å²) in [5.74, 6) is -8.46. The molecule has 0 saturated carbocycles. The van der Waals surface area contributed by atoms with E-state index in [0.29, 0.717) is 33.1 Å². The number of fused-ring (bicyclic) bond motifs is 10. The van der Waals surface area contributed by atoms with Crippen LogP contribution < -0.4 is 0 Å². The van der Waals surface area contributed by atoms with E-state index in [-0.39, 0.29) is 6.42 Å². The molecule has 0 aliphatic heterocycles. The Labute approximate surface area is 430 Å². The fourth-order valence-corrected chi connectivity index (χ4v) is 8.63. The highest BCUT2D eigenvalue weighted by Gasteiger charge is 2.24. The lowest BCUT2D eigenvalue weighted by Crippen LogP contribution is -2.05. The van der Waals surface area contributed by atoms with Gasteiger partial charge in [-0.1, -0.05) is 158 Å². The molecule has 0 amide bonds. The number of nitrogens with zero attached hydrogens (tertiary/aromatic N) is 6. The van der Waals surface area contributed by atoms with Gasteiger partial charge in [-0.3, -0.25) is 0 Å². The molecule has 6 nitrogen and oxygen atoms in total. The summed E-state index contributed by atoms with van der Waals surface area (Å²) < 4.78 is 62.6. The first kappa shape index (κ1) is 54.2. The minimum absolute atomic E-state index is 0.244. The van der Waals surface area contributed by atoms with Crippen molar-refractivity contribution >= 4 is 77.0 Å². The molecular formula is C63H63F5N6. The zero-order chi connectivity index (χ0) is 53.1. The van der Waals surface area contributed by atoms with E-state index in [1.807, 2.05) is 60.7 Å². The fraction of sp³-hybridized carbons (Fsp3) is 0.270. The van der Waals surface area contributed by atoms with E-state index in [1.54, 1.807) is 0 Å². The van der Waals surface area contributed by atoms with Crippen LogP contribution in [-0.2, 0) is 19.3 Å². The van der Waals surface area contributed by atoms with Crippen molar-refractivity contribution in [3.8, 4) is 0 Å². The average molecular weight is 999 g/mol. The van der Waals surface area contributed by atoms with Gasteiger partial charge >= 0.3 is 0 Å². The van der Waals surface area contributed by atoms with E-state index < -0.39 is 34.6 Å². The molecule has 74 heavy (non-hydrogen) atoms. The monoisotopic (exact) mass is 999 g/mol. The van der Waals surface area contributed by atoms with Crippen LogP contribution in [0.1, 0.15) is 101 Å². The highest BCUT2D eigenvalue weighted by molar-refractivity contribution is 6.21. The number of benzene rings is 8. The Hall–Kier alpha value is -7.53. The molecule has 0 aliphatic rings. The maximum absolute atomic E-state index is 12.7. The van der Waals surface area contributed by atoms with Gasteiger partial charge in [-0.05, 0) is 121 Å². The third-order valence-electron chi connectivity index (χ3n) is 12.9. The number of halogens is 5. The van der Waals surface area contributed by atoms with E-state index in [9.17, 15) is 22.0 Å². The summed E-state index contributed by atoms with van der Waals surface area (Å²) in [4.78, 5) is 30.0. The Bertz CT molecular complexity index is 3700. The summed E-state index contributed by atoms with van der Waals surface area (Å²) in [6, 6.07) is 43.9. The third kappa shape index (κ3) is 12.4. The average Bonchev–Trinajstić information content (AvgIpc) is 3.43. The molecule has 8 aromatic carbocycles. The van der Waals surface area contributed by atoms with Crippen LogP contribution in [0.4, 0.5) is 22.0 Å². The molecule has 0 fully saturated rings. The van der Waals surface area contributed by atoms with Crippen molar-refractivity contribution in [2.75, 3.05) is 0 Å². The van der Waals surface area contributed by atoms with Crippen molar-refractivity contribution in [1.82, 2.24) is 29.9 Å². The normalized spacial score (nSPS) is 11.4. The second-order valence-corrected chi connectivity index (χ2v) is 18.7. The van der Waals surface area contributed by atoms with E-state index in [2.05, 4.69) is 122 Å². The van der Waals surface area contributed by atoms with Gasteiger partial charge in [0.15, 0.2) is 23.3 Å². The maximum atomic E-state index is 12.7. The first-order valence-corrected chi connectivity index (χ1v) is 25.6. The van der Waals surface area contributed by atoms with Crippen LogP contribution >= 0.6 is 0 Å². The van der Waals surface area contributed by atoms with Crippen LogP contribution in [0, 0.1) is 55.8 Å². The highest BCUT2D eigenvalue weighted by atomic mass is 19.2. The van der Waals surface area contributed by atoms with Gasteiger partial charge in [0.25, 0.3) is 0 Å². The lowest BCUT2D eigenvalue weighted by molar-refractivity contribution is 0.370. The highest BCUT2D eigenvalue weighted by Crippen LogP contribution is 2.33. The Kier molecular flexibility index (Phi) is 18.3. The zero-order valence-corrected chi connectivity index (χ0v) is 43.7. The molecule has 380 valence electrons. The van der Waals surface area contributed by atoms with Crippen LogP contribution in [0.25, 0.3) is 77.0 Å². The SMILES string of the molecule is CCCC(C)CC.CCCc1cccc2ccccc12.CCc1c(F)c(F)c(F)c(F)c1F.CCc1ccccc1.Cc1ccc2nc3c4nc5ccc(C)cc5nc4c4nc5cc(C)ccc5nc4c3nc2c1. The van der Waals surface area contributed by atoms with Gasteiger partial charge in [0.05, 0.1) is 33.1 Å². The van der Waals surface area contributed by atoms with Crippen LogP contribution in [0.5, 0.6) is 0 Å². The van der Waals surface area contributed by atoms with Crippen LogP contribution in [0.2, 0.25) is 0 Å². The quantitative estimate of drug-likeness (QED) is 0.0520. The molecule has 1 atom stereocenters. The van der Waals surface area contributed by atoms with Gasteiger partial charge < -0.3 is 0 Å². The number of rotatable bonds is 7. The van der Waals surface area contributed by atoms with Crippen LogP contribution in [0.15, 0.2) is 127 Å². The summed E-state index contributed by atoms with van der Waals surface area (Å²) in [7, 11) is 0. The predicted octanol–water partition coefficient (Wildman–Crippen LogP) is 17.7. The van der Waals surface area contributed by atoms with Crippen LogP contribution in [-0.4, -0.2) is 29.9 Å². The Balaban J connectivity index is 0.000000160. The van der Waals surface area contributed by atoms with Crippen molar-refractivity contribution in [1.29, 1.82) is 0 Å². The molecule has 3 heterocycles. The Morgan fingerprint density at radius 1 is 0.405 bits per heavy atom. The van der Waals surface area contributed by atoms with E-state index in [4.69, 9.17) is 29.9 Å². The molecule has 3 aromatic heterocycles. The lowest BCUT2D eigenvalue weighted by atomic mass is 10.0. The van der Waals surface area contributed by atoms with E-state index in [1.165, 1.54) is 60.9 Å². The smallest absolute Gasteiger partial charge is 0.200 e. The molecule has 1 unspecified atom stereocenters. The topological polar surface area (TPSA) is 77.3 Å². The predicted molar refractivity (Wildman–Crippen MR) is 296 cm³/mol. The van der Waals surface area contributed by atoms with Crippen LogP contribution in [0.3, 0.4) is 0 Å². The van der Waals surface area contributed by atoms with Crippen molar-refractivity contribution < 1.29 is 22.0 Å². The van der Waals surface area contributed by atoms with Crippen molar-refractivity contribution in [2.24, 2.45) is 5.92 Å². The molecule has 11 aromatic rings. The van der Waals surface area contributed by atoms with Gasteiger partial charge in [0.2, 0.25) is 5.82 Å². The molecule has 11 rings (SSSR count). The number of aryl methyl sites for hydroxylation is 5. The van der Waals surface area contributed by atoms with Gasteiger partial charge in [0.1, 0.15) is 33.1 Å². The first-order chi connectivity index (χ1) is 35.7. The van der Waals surface area contributed by atoms with Gasteiger partial charge in [-0.2, -0.15) is 0 Å². The largest absolute Gasteiger partial charge is 0.242 e. The van der Waals surface area contributed by atoms with Gasteiger partial charge in [-0.25, -0.2) is 51.9 Å². The summed E-state index contributed by atoms with van der Waals surface area (Å²) in [5.41, 5.74) is 14.7. The summed E-state index contributed by atoms with van der Waals surface area (Å²) >= 11 is 0. The molecule has 0 spiro atoms. The second-order valence-electron chi connectivity index (χ2n) is 18.7. The molecule has 0 aliphatic carbocycles. The molecular weight excluding hydrogens is 936 g/mol. The molecule has 0 radical (unpaired) electrons. The minimum atomic E-state index is -2.12. The molecule has 0 bridgehead atoms. The van der Waals surface area contributed by atoms with Crippen molar-refractivity contribution in [3.63, 3.8) is 0 Å². The van der Waals surface area contributed by atoms with Gasteiger partial charge in [-0.15, -0.1) is 0 Å². The number of aromatic nitrogens is 6. The molecule has 0 N–H and O–H groups in total. The number of hydrogen-bond donors (Lipinski definition) is 0. The van der Waals surface area contributed by atoms with Crippen molar-refractivity contribution in [2.45, 2.75) is 107 Å². The van der Waals surface area contributed by atoms with E-state index in [0.717, 1.165) is 62.1 Å². The first-order valence-electron chi connectivity index (χ1n) is 25.6. The molecule has 11 heteroatoms. The zero-order valence-electron chi connectivity index (χ0n) is 43.7. The summed E-state index contributed by atoms with van der Waals surface area (Å²) in [6.45, 7) is 18.7. The van der Waals surface area contributed by atoms with Crippen molar-refractivity contribution in [3.05, 3.63) is 190 Å².